The molecule has 0 saturated carbocycles. The summed E-state index contributed by atoms with van der Waals surface area (Å²) in [4.78, 5) is 16.1. The van der Waals surface area contributed by atoms with E-state index in [1.54, 1.807) is 24.4 Å². The molecule has 0 saturated heterocycles. The van der Waals surface area contributed by atoms with Gasteiger partial charge < -0.3 is 9.15 Å². The Hall–Kier alpha value is -2.62. The van der Waals surface area contributed by atoms with Gasteiger partial charge in [0.1, 0.15) is 5.52 Å². The number of carbonyl (C=O) groups is 1. The largest absolute Gasteiger partial charge is 0.457 e. The SMILES string of the molecule is Cc1ccc(OC(=O)c2ccco2)c2ncccc12. The Kier molecular flexibility index (Phi) is 2.76. The van der Waals surface area contributed by atoms with Gasteiger partial charge in [0.15, 0.2) is 5.75 Å². The van der Waals surface area contributed by atoms with Gasteiger partial charge in [0.05, 0.1) is 6.26 Å². The van der Waals surface area contributed by atoms with Crippen LogP contribution in [-0.2, 0) is 0 Å². The number of hydrogen-bond donors (Lipinski definition) is 0. The zero-order chi connectivity index (χ0) is 13.2. The average molecular weight is 253 g/mol. The van der Waals surface area contributed by atoms with Crippen molar-refractivity contribution in [1.82, 2.24) is 4.98 Å². The lowest BCUT2D eigenvalue weighted by atomic mass is 10.1. The molecule has 2 aromatic heterocycles. The number of esters is 1. The summed E-state index contributed by atoms with van der Waals surface area (Å²) in [5.41, 5.74) is 1.75. The van der Waals surface area contributed by atoms with E-state index in [0.29, 0.717) is 11.3 Å². The molecular weight excluding hydrogens is 242 g/mol. The molecule has 0 bridgehead atoms. The first-order valence-corrected chi connectivity index (χ1v) is 5.86. The number of rotatable bonds is 2. The molecule has 0 aliphatic heterocycles. The van der Waals surface area contributed by atoms with Crippen molar-refractivity contribution in [2.45, 2.75) is 6.92 Å². The van der Waals surface area contributed by atoms with E-state index < -0.39 is 5.97 Å². The molecule has 0 amide bonds. The summed E-state index contributed by atoms with van der Waals surface area (Å²) < 4.78 is 10.3. The second-order valence-corrected chi connectivity index (χ2v) is 4.15. The number of hydrogen-bond acceptors (Lipinski definition) is 4. The maximum Gasteiger partial charge on any atom is 0.379 e. The standard InChI is InChI=1S/C15H11NO3/c1-10-6-7-12(14-11(10)4-2-8-16-14)19-15(17)13-5-3-9-18-13/h2-9H,1H3. The molecule has 94 valence electrons. The monoisotopic (exact) mass is 253 g/mol. The van der Waals surface area contributed by atoms with Crippen LogP contribution in [-0.4, -0.2) is 11.0 Å². The van der Waals surface area contributed by atoms with Crippen molar-refractivity contribution in [1.29, 1.82) is 0 Å². The first-order valence-electron chi connectivity index (χ1n) is 5.86. The van der Waals surface area contributed by atoms with E-state index in [9.17, 15) is 4.79 Å². The number of aryl methyl sites for hydroxylation is 1. The molecule has 3 rings (SSSR count). The second-order valence-electron chi connectivity index (χ2n) is 4.15. The number of fused-ring (bicyclic) bond motifs is 1. The fourth-order valence-electron chi connectivity index (χ4n) is 1.92. The van der Waals surface area contributed by atoms with Gasteiger partial charge in [0, 0.05) is 11.6 Å². The number of aromatic nitrogens is 1. The van der Waals surface area contributed by atoms with Crippen LogP contribution in [0, 0.1) is 6.92 Å². The Morgan fingerprint density at radius 2 is 2.11 bits per heavy atom. The van der Waals surface area contributed by atoms with Gasteiger partial charge in [-0.1, -0.05) is 12.1 Å². The molecule has 1 aromatic carbocycles. The van der Waals surface area contributed by atoms with Crippen LogP contribution in [0.1, 0.15) is 16.1 Å². The van der Waals surface area contributed by atoms with E-state index in [0.717, 1.165) is 10.9 Å². The molecule has 19 heavy (non-hydrogen) atoms. The Morgan fingerprint density at radius 3 is 2.89 bits per heavy atom. The van der Waals surface area contributed by atoms with Crippen molar-refractivity contribution in [3.63, 3.8) is 0 Å². The topological polar surface area (TPSA) is 52.3 Å². The Balaban J connectivity index is 2.02. The van der Waals surface area contributed by atoms with E-state index in [1.807, 2.05) is 25.1 Å². The van der Waals surface area contributed by atoms with Gasteiger partial charge >= 0.3 is 5.97 Å². The summed E-state index contributed by atoms with van der Waals surface area (Å²) >= 11 is 0. The van der Waals surface area contributed by atoms with Crippen molar-refractivity contribution in [3.05, 3.63) is 60.2 Å². The molecule has 0 unspecified atom stereocenters. The molecule has 0 aliphatic carbocycles. The normalized spacial score (nSPS) is 10.6. The Morgan fingerprint density at radius 1 is 1.21 bits per heavy atom. The molecule has 0 aliphatic rings. The highest BCUT2D eigenvalue weighted by Crippen LogP contribution is 2.26. The minimum atomic E-state index is -0.527. The maximum atomic E-state index is 11.9. The highest BCUT2D eigenvalue weighted by atomic mass is 16.5. The van der Waals surface area contributed by atoms with E-state index in [-0.39, 0.29) is 5.76 Å². The van der Waals surface area contributed by atoms with Gasteiger partial charge in [0.2, 0.25) is 5.76 Å². The smallest absolute Gasteiger partial charge is 0.379 e. The lowest BCUT2D eigenvalue weighted by Gasteiger charge is -2.07. The van der Waals surface area contributed by atoms with Crippen molar-refractivity contribution < 1.29 is 13.9 Å². The molecule has 0 atom stereocenters. The van der Waals surface area contributed by atoms with Crippen LogP contribution >= 0.6 is 0 Å². The molecule has 0 fully saturated rings. The molecule has 2 heterocycles. The highest BCUT2D eigenvalue weighted by molar-refractivity contribution is 5.93. The maximum absolute atomic E-state index is 11.9. The summed E-state index contributed by atoms with van der Waals surface area (Å²) in [6.07, 6.45) is 3.11. The average Bonchev–Trinajstić information content (AvgIpc) is 2.96. The van der Waals surface area contributed by atoms with Crippen molar-refractivity contribution in [2.75, 3.05) is 0 Å². The number of nitrogens with zero attached hydrogens (tertiary/aromatic N) is 1. The van der Waals surface area contributed by atoms with Crippen LogP contribution < -0.4 is 4.74 Å². The third kappa shape index (κ3) is 2.08. The molecule has 4 nitrogen and oxygen atoms in total. The predicted molar refractivity (Wildman–Crippen MR) is 70.1 cm³/mol. The lowest BCUT2D eigenvalue weighted by molar-refractivity contribution is 0.0703. The molecule has 0 spiro atoms. The summed E-state index contributed by atoms with van der Waals surface area (Å²) in [5.74, 6) is 0.0769. The third-order valence-electron chi connectivity index (χ3n) is 2.88. The highest BCUT2D eigenvalue weighted by Gasteiger charge is 2.14. The summed E-state index contributed by atoms with van der Waals surface area (Å²) in [7, 11) is 0. The summed E-state index contributed by atoms with van der Waals surface area (Å²) in [6, 6.07) is 10.6. The molecule has 3 aromatic rings. The van der Waals surface area contributed by atoms with Crippen LogP contribution in [0.4, 0.5) is 0 Å². The minimum Gasteiger partial charge on any atom is -0.457 e. The summed E-state index contributed by atoms with van der Waals surface area (Å²) in [6.45, 7) is 1.99. The molecule has 0 N–H and O–H groups in total. The van der Waals surface area contributed by atoms with Crippen LogP contribution in [0.25, 0.3) is 10.9 Å². The molecule has 4 heteroatoms. The van der Waals surface area contributed by atoms with Crippen molar-refractivity contribution in [3.8, 4) is 5.75 Å². The first kappa shape index (κ1) is 11.5. The van der Waals surface area contributed by atoms with E-state index in [1.165, 1.54) is 6.26 Å². The quantitative estimate of drug-likeness (QED) is 0.519. The van der Waals surface area contributed by atoms with Crippen LogP contribution in [0.3, 0.4) is 0 Å². The molecular formula is C15H11NO3. The van der Waals surface area contributed by atoms with Gasteiger partial charge in [0.25, 0.3) is 0 Å². The van der Waals surface area contributed by atoms with Gasteiger partial charge in [-0.3, -0.25) is 4.98 Å². The van der Waals surface area contributed by atoms with Gasteiger partial charge in [-0.15, -0.1) is 0 Å². The number of furan rings is 1. The third-order valence-corrected chi connectivity index (χ3v) is 2.88. The lowest BCUT2D eigenvalue weighted by Crippen LogP contribution is -2.07. The fourth-order valence-corrected chi connectivity index (χ4v) is 1.92. The van der Waals surface area contributed by atoms with Crippen molar-refractivity contribution >= 4 is 16.9 Å². The van der Waals surface area contributed by atoms with Crippen molar-refractivity contribution in [2.24, 2.45) is 0 Å². The predicted octanol–water partition coefficient (Wildman–Crippen LogP) is 3.36. The zero-order valence-corrected chi connectivity index (χ0v) is 10.3. The zero-order valence-electron chi connectivity index (χ0n) is 10.3. The van der Waals surface area contributed by atoms with Crippen LogP contribution in [0.2, 0.25) is 0 Å². The van der Waals surface area contributed by atoms with E-state index >= 15 is 0 Å². The number of carbonyl (C=O) groups excluding carboxylic acids is 1. The minimum absolute atomic E-state index is 0.171. The second kappa shape index (κ2) is 4.57. The fraction of sp³-hybridized carbons (Fsp3) is 0.0667. The number of pyridine rings is 1. The molecule has 0 radical (unpaired) electrons. The van der Waals surface area contributed by atoms with Crippen LogP contribution in [0.5, 0.6) is 5.75 Å². The van der Waals surface area contributed by atoms with E-state index in [2.05, 4.69) is 4.98 Å². The Labute approximate surface area is 109 Å². The number of ether oxygens (including phenoxy) is 1. The van der Waals surface area contributed by atoms with E-state index in [4.69, 9.17) is 9.15 Å². The van der Waals surface area contributed by atoms with Gasteiger partial charge in [-0.25, -0.2) is 4.79 Å². The van der Waals surface area contributed by atoms with Gasteiger partial charge in [-0.05, 0) is 36.8 Å². The van der Waals surface area contributed by atoms with Crippen LogP contribution in [0.15, 0.2) is 53.3 Å². The number of benzene rings is 1. The first-order chi connectivity index (χ1) is 9.25. The van der Waals surface area contributed by atoms with Gasteiger partial charge in [-0.2, -0.15) is 0 Å². The Bertz CT molecular complexity index is 732. The summed E-state index contributed by atoms with van der Waals surface area (Å²) in [5, 5.41) is 0.965.